The molecule has 0 aromatic carbocycles. The Bertz CT molecular complexity index is 938. The third-order valence-electron chi connectivity index (χ3n) is 5.73. The number of allylic oxidation sites excluding steroid dienone is 4. The van der Waals surface area contributed by atoms with E-state index < -0.39 is 0 Å². The molecule has 3 aliphatic rings. The molecule has 4 rings (SSSR count). The summed E-state index contributed by atoms with van der Waals surface area (Å²) in [7, 11) is 3.65. The van der Waals surface area contributed by atoms with E-state index in [1.165, 1.54) is 10.3 Å². The third kappa shape index (κ3) is 4.76. The Morgan fingerprint density at radius 2 is 2.00 bits per heavy atom. The Morgan fingerprint density at radius 1 is 1.17 bits per heavy atom. The minimum Gasteiger partial charge on any atom is -0.456 e. The molecule has 1 saturated heterocycles. The predicted molar refractivity (Wildman–Crippen MR) is 116 cm³/mol. The van der Waals surface area contributed by atoms with Crippen LogP contribution in [0, 0.1) is 0 Å². The maximum absolute atomic E-state index is 11.8. The zero-order valence-electron chi connectivity index (χ0n) is 17.7. The predicted octanol–water partition coefficient (Wildman–Crippen LogP) is 1.80. The van der Waals surface area contributed by atoms with Gasteiger partial charge in [-0.15, -0.1) is 0 Å². The number of aromatic nitrogens is 2. The van der Waals surface area contributed by atoms with Gasteiger partial charge in [0.05, 0.1) is 11.9 Å². The second kappa shape index (κ2) is 9.21. The summed E-state index contributed by atoms with van der Waals surface area (Å²) in [4.78, 5) is 18.5. The quantitative estimate of drug-likeness (QED) is 0.707. The van der Waals surface area contributed by atoms with Crippen LogP contribution in [0.4, 0.5) is 5.69 Å². The Hall–Kier alpha value is -3.00. The molecule has 30 heavy (non-hydrogen) atoms. The Balaban J connectivity index is 1.22. The van der Waals surface area contributed by atoms with Crippen LogP contribution in [-0.2, 0) is 16.5 Å². The first-order valence-electron chi connectivity index (χ1n) is 10.4. The van der Waals surface area contributed by atoms with Crippen LogP contribution in [-0.4, -0.2) is 65.9 Å². The average molecular weight is 412 g/mol. The molecule has 0 atom stereocenters. The minimum atomic E-state index is -0.0932. The summed E-state index contributed by atoms with van der Waals surface area (Å²) in [5.74, 6) is 1.57. The lowest BCUT2D eigenvalue weighted by atomic mass is 10.0. The standard InChI is InChI=1S/C22H29N5O3/c1-24(19-14-21(28)25(2)23-15-19)8-9-26-10-12-27(13-11-26)22-17-29-20(16-30-22)18-6-4-3-5-7-18/h3-4,6,14-17H,5,7-13H2,1-2H3. The van der Waals surface area contributed by atoms with Crippen LogP contribution in [0.5, 0.6) is 0 Å². The van der Waals surface area contributed by atoms with Crippen molar-refractivity contribution in [2.45, 2.75) is 12.8 Å². The maximum Gasteiger partial charge on any atom is 0.268 e. The number of rotatable bonds is 6. The van der Waals surface area contributed by atoms with Gasteiger partial charge in [-0.2, -0.15) is 5.10 Å². The largest absolute Gasteiger partial charge is 0.456 e. The van der Waals surface area contributed by atoms with Crippen LogP contribution >= 0.6 is 0 Å². The number of piperazine rings is 1. The monoisotopic (exact) mass is 411 g/mol. The number of anilines is 1. The Kier molecular flexibility index (Phi) is 6.23. The van der Waals surface area contributed by atoms with Crippen molar-refractivity contribution < 1.29 is 9.47 Å². The Morgan fingerprint density at radius 3 is 2.67 bits per heavy atom. The third-order valence-corrected chi connectivity index (χ3v) is 5.73. The molecule has 8 nitrogen and oxygen atoms in total. The highest BCUT2D eigenvalue weighted by molar-refractivity contribution is 5.41. The number of aryl methyl sites for hydroxylation is 1. The summed E-state index contributed by atoms with van der Waals surface area (Å²) >= 11 is 0. The van der Waals surface area contributed by atoms with E-state index >= 15 is 0 Å². The summed E-state index contributed by atoms with van der Waals surface area (Å²) in [6.45, 7) is 5.46. The van der Waals surface area contributed by atoms with Crippen molar-refractivity contribution in [3.8, 4) is 0 Å². The highest BCUT2D eigenvalue weighted by Crippen LogP contribution is 2.26. The molecule has 0 N–H and O–H groups in total. The fourth-order valence-corrected chi connectivity index (χ4v) is 3.67. The van der Waals surface area contributed by atoms with Gasteiger partial charge in [0.15, 0.2) is 12.0 Å². The molecule has 0 spiro atoms. The summed E-state index contributed by atoms with van der Waals surface area (Å²) < 4.78 is 13.0. The van der Waals surface area contributed by atoms with E-state index in [0.29, 0.717) is 0 Å². The normalized spacial score (nSPS) is 19.4. The topological polar surface area (TPSA) is 63.1 Å². The zero-order valence-corrected chi connectivity index (χ0v) is 17.7. The summed E-state index contributed by atoms with van der Waals surface area (Å²) in [5.41, 5.74) is 1.93. The van der Waals surface area contributed by atoms with Crippen LogP contribution in [0.3, 0.4) is 0 Å². The zero-order chi connectivity index (χ0) is 20.9. The Labute approximate surface area is 177 Å². The van der Waals surface area contributed by atoms with Crippen molar-refractivity contribution in [2.75, 3.05) is 51.2 Å². The summed E-state index contributed by atoms with van der Waals surface area (Å²) in [6, 6.07) is 1.62. The van der Waals surface area contributed by atoms with E-state index in [4.69, 9.17) is 9.47 Å². The second-order valence-electron chi connectivity index (χ2n) is 7.76. The summed E-state index contributed by atoms with van der Waals surface area (Å²) in [5, 5.41) is 4.09. The molecule has 1 aromatic heterocycles. The molecule has 2 aliphatic heterocycles. The molecule has 0 unspecified atom stereocenters. The molecule has 0 radical (unpaired) electrons. The van der Waals surface area contributed by atoms with Crippen LogP contribution < -0.4 is 10.5 Å². The number of hydrogen-bond donors (Lipinski definition) is 0. The van der Waals surface area contributed by atoms with Gasteiger partial charge in [0, 0.05) is 59.4 Å². The van der Waals surface area contributed by atoms with Gasteiger partial charge < -0.3 is 19.3 Å². The van der Waals surface area contributed by atoms with Gasteiger partial charge in [-0.25, -0.2) is 4.68 Å². The van der Waals surface area contributed by atoms with E-state index in [2.05, 4.69) is 38.0 Å². The molecule has 8 heteroatoms. The highest BCUT2D eigenvalue weighted by Gasteiger charge is 2.23. The second-order valence-corrected chi connectivity index (χ2v) is 7.76. The van der Waals surface area contributed by atoms with Gasteiger partial charge in [-0.05, 0) is 18.4 Å². The van der Waals surface area contributed by atoms with Crippen molar-refractivity contribution >= 4 is 5.69 Å². The minimum absolute atomic E-state index is 0.0932. The molecule has 0 bridgehead atoms. The van der Waals surface area contributed by atoms with Crippen molar-refractivity contribution in [1.82, 2.24) is 19.6 Å². The molecule has 0 amide bonds. The number of likely N-dealkylation sites (N-methyl/N-ethyl adjacent to an activating group) is 1. The number of nitrogens with zero attached hydrogens (tertiary/aromatic N) is 5. The fourth-order valence-electron chi connectivity index (χ4n) is 3.67. The SMILES string of the molecule is CN(CCN1CCN(C2=COC(C3=CC=CCC3)=CO2)CC1)c1cnn(C)c(=O)c1. The van der Waals surface area contributed by atoms with Crippen molar-refractivity contribution in [2.24, 2.45) is 7.05 Å². The van der Waals surface area contributed by atoms with Gasteiger partial charge in [0.25, 0.3) is 5.56 Å². The van der Waals surface area contributed by atoms with Gasteiger partial charge >= 0.3 is 0 Å². The first kappa shape index (κ1) is 20.3. The van der Waals surface area contributed by atoms with Gasteiger partial charge in [0.1, 0.15) is 6.26 Å². The number of ether oxygens (including phenoxy) is 2. The fraction of sp³-hybridized carbons (Fsp3) is 0.455. The smallest absolute Gasteiger partial charge is 0.268 e. The maximum atomic E-state index is 11.8. The van der Waals surface area contributed by atoms with Gasteiger partial charge in [-0.1, -0.05) is 18.2 Å². The van der Waals surface area contributed by atoms with Crippen molar-refractivity contribution in [3.63, 3.8) is 0 Å². The lowest BCUT2D eigenvalue weighted by molar-refractivity contribution is 0.0857. The highest BCUT2D eigenvalue weighted by atomic mass is 16.6. The molecule has 1 aliphatic carbocycles. The first-order valence-corrected chi connectivity index (χ1v) is 10.4. The van der Waals surface area contributed by atoms with Crippen molar-refractivity contribution in [3.05, 3.63) is 70.6 Å². The van der Waals surface area contributed by atoms with E-state index in [-0.39, 0.29) is 5.56 Å². The van der Waals surface area contributed by atoms with Crippen LogP contribution in [0.2, 0.25) is 0 Å². The average Bonchev–Trinajstić information content (AvgIpc) is 2.80. The van der Waals surface area contributed by atoms with E-state index in [9.17, 15) is 4.79 Å². The van der Waals surface area contributed by atoms with Crippen LogP contribution in [0.15, 0.2) is 65.0 Å². The number of hydrogen-bond acceptors (Lipinski definition) is 7. The molecule has 1 fully saturated rings. The molecule has 1 aromatic rings. The molecule has 160 valence electrons. The van der Waals surface area contributed by atoms with E-state index in [1.54, 1.807) is 31.8 Å². The molecular weight excluding hydrogens is 382 g/mol. The van der Waals surface area contributed by atoms with E-state index in [1.807, 2.05) is 7.05 Å². The van der Waals surface area contributed by atoms with Crippen molar-refractivity contribution in [1.29, 1.82) is 0 Å². The lowest BCUT2D eigenvalue weighted by Gasteiger charge is -2.37. The first-order chi connectivity index (χ1) is 14.6. The lowest BCUT2D eigenvalue weighted by Crippen LogP contribution is -2.48. The molecule has 0 saturated carbocycles. The van der Waals surface area contributed by atoms with Crippen LogP contribution in [0.1, 0.15) is 12.8 Å². The summed E-state index contributed by atoms with van der Waals surface area (Å²) in [6.07, 6.45) is 13.5. The van der Waals surface area contributed by atoms with Gasteiger partial charge in [-0.3, -0.25) is 9.69 Å². The van der Waals surface area contributed by atoms with Gasteiger partial charge in [0.2, 0.25) is 5.88 Å². The molecule has 3 heterocycles. The van der Waals surface area contributed by atoms with Crippen LogP contribution in [0.25, 0.3) is 0 Å². The van der Waals surface area contributed by atoms with E-state index in [0.717, 1.165) is 69.4 Å². The molecular formula is C22H29N5O3.